The number of benzene rings is 1. The van der Waals surface area contributed by atoms with Gasteiger partial charge in [0.05, 0.1) is 22.1 Å². The van der Waals surface area contributed by atoms with Crippen molar-refractivity contribution >= 4 is 51.3 Å². The average Bonchev–Trinajstić information content (AvgIpc) is 3.01. The van der Waals surface area contributed by atoms with Crippen LogP contribution in [0.4, 0.5) is 0 Å². The zero-order chi connectivity index (χ0) is 16.8. The van der Waals surface area contributed by atoms with E-state index < -0.39 is 5.91 Å². The molecule has 9 heteroatoms. The maximum atomic E-state index is 12.5. The lowest BCUT2D eigenvalue weighted by Crippen LogP contribution is -2.35. The van der Waals surface area contributed by atoms with E-state index in [9.17, 15) is 14.7 Å². The van der Waals surface area contributed by atoms with Gasteiger partial charge in [-0.25, -0.2) is 0 Å². The van der Waals surface area contributed by atoms with Crippen LogP contribution in [0.1, 0.15) is 5.56 Å². The van der Waals surface area contributed by atoms with Gasteiger partial charge in [-0.2, -0.15) is 15.1 Å². The number of phenols is 1. The second kappa shape index (κ2) is 5.17. The average molecular weight is 340 g/mol. The molecule has 1 aromatic heterocycles. The highest BCUT2D eigenvalue weighted by atomic mass is 32.2. The summed E-state index contributed by atoms with van der Waals surface area (Å²) < 4.78 is 5.33. The van der Waals surface area contributed by atoms with Gasteiger partial charge in [0.1, 0.15) is 17.6 Å². The topological polar surface area (TPSA) is 119 Å². The number of aliphatic imine (C=N–C) groups is 1. The highest BCUT2D eigenvalue weighted by Gasteiger charge is 2.32. The first-order valence-corrected chi connectivity index (χ1v) is 7.60. The lowest BCUT2D eigenvalue weighted by atomic mass is 10.1. The van der Waals surface area contributed by atoms with Gasteiger partial charge < -0.3 is 9.52 Å². The molecule has 3 heterocycles. The fourth-order valence-corrected chi connectivity index (χ4v) is 2.93. The minimum Gasteiger partial charge on any atom is -0.508 e. The van der Waals surface area contributed by atoms with E-state index in [2.05, 4.69) is 10.1 Å². The number of phenolic OH excluding ortho intramolecular Hbond substituents is 1. The highest BCUT2D eigenvalue weighted by molar-refractivity contribution is 8.25. The van der Waals surface area contributed by atoms with Crippen LogP contribution in [0, 0.1) is 5.41 Å². The molecule has 0 unspecified atom stereocenters. The molecule has 4 rings (SSSR count). The van der Waals surface area contributed by atoms with Gasteiger partial charge in [0, 0.05) is 6.07 Å². The van der Waals surface area contributed by atoms with Crippen LogP contribution in [0.5, 0.6) is 5.75 Å². The van der Waals surface area contributed by atoms with E-state index in [-0.39, 0.29) is 39.1 Å². The fraction of sp³-hybridized carbons (Fsp3) is 0. The first kappa shape index (κ1) is 14.4. The predicted molar refractivity (Wildman–Crippen MR) is 90.2 cm³/mol. The smallest absolute Gasteiger partial charge is 0.283 e. The Hall–Kier alpha value is -3.20. The number of rotatable bonds is 1. The Kier molecular flexibility index (Phi) is 3.10. The molecule has 0 radical (unpaired) electrons. The second-order valence-corrected chi connectivity index (χ2v) is 5.77. The summed E-state index contributed by atoms with van der Waals surface area (Å²) in [5, 5.41) is 23.2. The molecule has 1 aromatic carbocycles. The molecule has 0 saturated carbocycles. The summed E-state index contributed by atoms with van der Waals surface area (Å²) in [7, 11) is 0. The van der Waals surface area contributed by atoms with E-state index in [1.165, 1.54) is 41.1 Å². The number of aromatic hydroxyl groups is 1. The SMILES string of the molecule is N=C1C(=Cc2coc3cc(O)ccc3c2=O)C(=O)N=C2SC=NN12. The molecule has 2 aliphatic rings. The quantitative estimate of drug-likeness (QED) is 0.763. The van der Waals surface area contributed by atoms with Gasteiger partial charge in [0.25, 0.3) is 5.91 Å². The minimum absolute atomic E-state index is 0.0211. The van der Waals surface area contributed by atoms with Crippen LogP contribution in [0.3, 0.4) is 0 Å². The van der Waals surface area contributed by atoms with Crippen LogP contribution in [-0.2, 0) is 4.79 Å². The fourth-order valence-electron chi connectivity index (χ4n) is 2.32. The van der Waals surface area contributed by atoms with E-state index >= 15 is 0 Å². The lowest BCUT2D eigenvalue weighted by Gasteiger charge is -2.20. The summed E-state index contributed by atoms with van der Waals surface area (Å²) in [4.78, 5) is 28.5. The van der Waals surface area contributed by atoms with Crippen molar-refractivity contribution in [3.8, 4) is 5.75 Å². The molecule has 118 valence electrons. The van der Waals surface area contributed by atoms with Gasteiger partial charge in [-0.15, -0.1) is 0 Å². The Bertz CT molecular complexity index is 1070. The van der Waals surface area contributed by atoms with Crippen LogP contribution < -0.4 is 5.43 Å². The first-order chi connectivity index (χ1) is 11.5. The van der Waals surface area contributed by atoms with Crippen LogP contribution >= 0.6 is 11.8 Å². The number of carbonyl (C=O) groups is 1. The minimum atomic E-state index is -0.616. The lowest BCUT2D eigenvalue weighted by molar-refractivity contribution is -0.114. The van der Waals surface area contributed by atoms with Crippen LogP contribution in [0.2, 0.25) is 0 Å². The maximum absolute atomic E-state index is 12.5. The molecule has 2 aromatic rings. The summed E-state index contributed by atoms with van der Waals surface area (Å²) in [6.07, 6.45) is 2.44. The van der Waals surface area contributed by atoms with Gasteiger partial charge in [-0.05, 0) is 30.0 Å². The number of fused-ring (bicyclic) bond motifs is 2. The Morgan fingerprint density at radius 2 is 2.17 bits per heavy atom. The largest absolute Gasteiger partial charge is 0.508 e. The number of amides is 1. The molecule has 8 nitrogen and oxygen atoms in total. The molecule has 0 spiro atoms. The number of nitrogens with one attached hydrogen (secondary N) is 1. The van der Waals surface area contributed by atoms with Crippen molar-refractivity contribution in [2.75, 3.05) is 0 Å². The van der Waals surface area contributed by atoms with E-state index in [0.717, 1.165) is 11.8 Å². The van der Waals surface area contributed by atoms with Gasteiger partial charge >= 0.3 is 0 Å². The Morgan fingerprint density at radius 3 is 3.00 bits per heavy atom. The molecule has 0 saturated heterocycles. The molecular weight excluding hydrogens is 332 g/mol. The Balaban J connectivity index is 1.85. The van der Waals surface area contributed by atoms with Gasteiger partial charge in [-0.3, -0.25) is 15.0 Å². The Labute approximate surface area is 138 Å². The Morgan fingerprint density at radius 1 is 1.33 bits per heavy atom. The molecule has 2 N–H and O–H groups in total. The van der Waals surface area contributed by atoms with Crippen molar-refractivity contribution in [3.05, 3.63) is 45.8 Å². The van der Waals surface area contributed by atoms with Crippen LogP contribution in [-0.4, -0.2) is 32.6 Å². The molecule has 24 heavy (non-hydrogen) atoms. The van der Waals surface area contributed by atoms with Crippen molar-refractivity contribution in [2.24, 2.45) is 10.1 Å². The normalized spacial score (nSPS) is 18.4. The van der Waals surface area contributed by atoms with E-state index in [0.29, 0.717) is 5.17 Å². The summed E-state index contributed by atoms with van der Waals surface area (Å²) in [6, 6.07) is 4.13. The zero-order valence-electron chi connectivity index (χ0n) is 11.9. The molecule has 0 atom stereocenters. The number of amidine groups is 2. The maximum Gasteiger partial charge on any atom is 0.283 e. The summed E-state index contributed by atoms with van der Waals surface area (Å²) >= 11 is 1.14. The number of hydrogen-bond donors (Lipinski definition) is 2. The monoisotopic (exact) mass is 340 g/mol. The molecule has 0 fully saturated rings. The number of hydrogen-bond acceptors (Lipinski definition) is 7. The third-order valence-corrected chi connectivity index (χ3v) is 4.16. The number of nitrogens with zero attached hydrogens (tertiary/aromatic N) is 3. The van der Waals surface area contributed by atoms with Crippen LogP contribution in [0.25, 0.3) is 17.0 Å². The summed E-state index contributed by atoms with van der Waals surface area (Å²) in [5.74, 6) is -0.793. The molecule has 0 aliphatic carbocycles. The van der Waals surface area contributed by atoms with Crippen molar-refractivity contribution < 1.29 is 14.3 Å². The number of thioether (sulfide) groups is 1. The van der Waals surface area contributed by atoms with E-state index in [1.54, 1.807) is 0 Å². The molecule has 1 amide bonds. The zero-order valence-corrected chi connectivity index (χ0v) is 12.7. The van der Waals surface area contributed by atoms with Gasteiger partial charge in [0.2, 0.25) is 0 Å². The van der Waals surface area contributed by atoms with Crippen molar-refractivity contribution in [3.63, 3.8) is 0 Å². The number of carbonyl (C=O) groups excluding carboxylic acids is 1. The van der Waals surface area contributed by atoms with Crippen molar-refractivity contribution in [1.29, 1.82) is 5.41 Å². The predicted octanol–water partition coefficient (Wildman–Crippen LogP) is 1.75. The summed E-state index contributed by atoms with van der Waals surface area (Å²) in [6.45, 7) is 0. The third-order valence-electron chi connectivity index (χ3n) is 3.48. The first-order valence-electron chi connectivity index (χ1n) is 6.72. The molecule has 2 aliphatic heterocycles. The van der Waals surface area contributed by atoms with E-state index in [4.69, 9.17) is 9.83 Å². The molecule has 0 bridgehead atoms. The highest BCUT2D eigenvalue weighted by Crippen LogP contribution is 2.25. The van der Waals surface area contributed by atoms with E-state index in [1.807, 2.05) is 0 Å². The van der Waals surface area contributed by atoms with Crippen molar-refractivity contribution in [2.45, 2.75) is 0 Å². The van der Waals surface area contributed by atoms with Crippen LogP contribution in [0.15, 0.2) is 49.3 Å². The van der Waals surface area contributed by atoms with Gasteiger partial charge in [-0.1, -0.05) is 0 Å². The van der Waals surface area contributed by atoms with Gasteiger partial charge in [0.15, 0.2) is 16.4 Å². The summed E-state index contributed by atoms with van der Waals surface area (Å²) in [5.41, 5.74) is 1.38. The number of hydrazone groups is 1. The second-order valence-electron chi connectivity index (χ2n) is 4.96. The van der Waals surface area contributed by atoms with Crippen molar-refractivity contribution in [1.82, 2.24) is 5.01 Å². The standard InChI is InChI=1S/C15H8N4O4S/c16-13-10(14(22)18-15-19(13)17-6-24-15)3-7-5-23-11-4-8(20)1-2-9(11)12(7)21/h1-6,16,20H. The third kappa shape index (κ3) is 2.14. The molecular formula is C15H8N4O4S.